The molecule has 2 fully saturated rings. The van der Waals surface area contributed by atoms with E-state index in [0.717, 1.165) is 94.1 Å². The van der Waals surface area contributed by atoms with Gasteiger partial charge < -0.3 is 20.9 Å². The quantitative estimate of drug-likeness (QED) is 0.146. The molecule has 0 bridgehead atoms. The van der Waals surface area contributed by atoms with Gasteiger partial charge in [-0.25, -0.2) is 9.69 Å². The predicted octanol–water partition coefficient (Wildman–Crippen LogP) is 7.60. The van der Waals surface area contributed by atoms with Crippen molar-refractivity contribution in [1.29, 1.82) is 15.8 Å². The Kier molecular flexibility index (Phi) is 15.5. The van der Waals surface area contributed by atoms with Gasteiger partial charge in [-0.15, -0.1) is 0 Å². The van der Waals surface area contributed by atoms with Crippen molar-refractivity contribution >= 4 is 32.7 Å². The average Bonchev–Trinajstić information content (AvgIpc) is 3.90. The Hall–Kier alpha value is -3.31. The number of hydrogen-bond acceptors (Lipinski definition) is 9. The second-order valence-corrected chi connectivity index (χ2v) is 15.8. The zero-order chi connectivity index (χ0) is 35.2. The van der Waals surface area contributed by atoms with Gasteiger partial charge in [-0.1, -0.05) is 39.8 Å². The molecule has 0 amide bonds. The molecule has 0 spiro atoms. The van der Waals surface area contributed by atoms with E-state index in [0.29, 0.717) is 28.5 Å². The largest absolute Gasteiger partial charge is 0.326 e. The van der Waals surface area contributed by atoms with Crippen molar-refractivity contribution in [3.8, 4) is 18.2 Å². The van der Waals surface area contributed by atoms with Crippen LogP contribution in [0.1, 0.15) is 82.4 Å². The van der Waals surface area contributed by atoms with Crippen molar-refractivity contribution < 1.29 is 0 Å². The Balaban J connectivity index is 0.000000264. The molecule has 9 nitrogen and oxygen atoms in total. The maximum atomic E-state index is 9.97. The summed E-state index contributed by atoms with van der Waals surface area (Å²) in [6.07, 6.45) is 6.38. The van der Waals surface area contributed by atoms with Crippen LogP contribution in [0.3, 0.4) is 0 Å². The van der Waals surface area contributed by atoms with E-state index in [1.165, 1.54) is 22.7 Å². The molecule has 3 N–H and O–H groups in total. The maximum Gasteiger partial charge on any atom is 0.241 e. The van der Waals surface area contributed by atoms with Crippen molar-refractivity contribution in [2.24, 2.45) is 17.6 Å². The van der Waals surface area contributed by atoms with Gasteiger partial charge in [0.25, 0.3) is 0 Å². The highest BCUT2D eigenvalue weighted by molar-refractivity contribution is 7.16. The van der Waals surface area contributed by atoms with Crippen molar-refractivity contribution in [2.75, 3.05) is 45.8 Å². The minimum absolute atomic E-state index is 0.212. The lowest BCUT2D eigenvalue weighted by molar-refractivity contribution is 0.290. The fourth-order valence-corrected chi connectivity index (χ4v) is 9.11. The highest BCUT2D eigenvalue weighted by Gasteiger charge is 2.38. The summed E-state index contributed by atoms with van der Waals surface area (Å²) in [5.74, 6) is 0.444. The maximum absolute atomic E-state index is 9.97. The SMILES string of the molecule is [C-]#[N+]c1ccc(C(C#N)(CCCN2CC[C@@H](N)C2)C(C)C)s1.[C-]#[N+]c1ccc(C(C#N)(CCCN2CC[C@@H](NCCC#N)C2)C(C)C)s1. The Bertz CT molecular complexity index is 1510. The Labute approximate surface area is 296 Å². The molecule has 2 saturated heterocycles. The van der Waals surface area contributed by atoms with Crippen LogP contribution in [0.4, 0.5) is 10.0 Å². The molecule has 256 valence electrons. The molecule has 2 aliphatic heterocycles. The zero-order valence-electron chi connectivity index (χ0n) is 29.0. The number of nitrogens with zero attached hydrogens (tertiary/aromatic N) is 7. The highest BCUT2D eigenvalue weighted by atomic mass is 32.1. The van der Waals surface area contributed by atoms with Gasteiger partial charge in [-0.2, -0.15) is 38.5 Å². The van der Waals surface area contributed by atoms with E-state index < -0.39 is 10.8 Å². The van der Waals surface area contributed by atoms with Gasteiger partial charge in [0.2, 0.25) is 10.0 Å². The first kappa shape index (κ1) is 39.1. The summed E-state index contributed by atoms with van der Waals surface area (Å²) >= 11 is 2.93. The first-order chi connectivity index (χ1) is 23.1. The molecule has 0 aliphatic carbocycles. The molecular weight excluding hydrogens is 635 g/mol. The van der Waals surface area contributed by atoms with Crippen LogP contribution in [0, 0.1) is 59.0 Å². The molecule has 48 heavy (non-hydrogen) atoms. The van der Waals surface area contributed by atoms with E-state index in [4.69, 9.17) is 24.1 Å². The Morgan fingerprint density at radius 1 is 0.854 bits per heavy atom. The minimum Gasteiger partial charge on any atom is -0.326 e. The summed E-state index contributed by atoms with van der Waals surface area (Å²) in [7, 11) is 0. The topological polar surface area (TPSA) is 125 Å². The summed E-state index contributed by atoms with van der Waals surface area (Å²) in [6.45, 7) is 29.6. The first-order valence-corrected chi connectivity index (χ1v) is 18.8. The molecule has 0 saturated carbocycles. The number of hydrogen-bond donors (Lipinski definition) is 2. The third-order valence-electron chi connectivity index (χ3n) is 10.00. The lowest BCUT2D eigenvalue weighted by atomic mass is 9.73. The van der Waals surface area contributed by atoms with Gasteiger partial charge in [-0.3, -0.25) is 0 Å². The summed E-state index contributed by atoms with van der Waals surface area (Å²) < 4.78 is 0. The monoisotopic (exact) mass is 685 g/mol. The van der Waals surface area contributed by atoms with Crippen molar-refractivity contribution in [3.05, 3.63) is 56.9 Å². The fourth-order valence-electron chi connectivity index (χ4n) is 6.89. The van der Waals surface area contributed by atoms with Gasteiger partial charge in [0.1, 0.15) is 0 Å². The van der Waals surface area contributed by atoms with Crippen LogP contribution in [-0.2, 0) is 10.8 Å². The number of nitriles is 3. The summed E-state index contributed by atoms with van der Waals surface area (Å²) in [5.41, 5.74) is 4.97. The van der Waals surface area contributed by atoms with Crippen molar-refractivity contribution in [3.63, 3.8) is 0 Å². The Morgan fingerprint density at radius 3 is 1.75 bits per heavy atom. The van der Waals surface area contributed by atoms with Gasteiger partial charge in [0.15, 0.2) is 0 Å². The van der Waals surface area contributed by atoms with E-state index in [-0.39, 0.29) is 11.8 Å². The number of nitrogens with one attached hydrogen (secondary N) is 1. The summed E-state index contributed by atoms with van der Waals surface area (Å²) in [6, 6.07) is 15.7. The van der Waals surface area contributed by atoms with Crippen LogP contribution in [-0.4, -0.2) is 67.7 Å². The first-order valence-electron chi connectivity index (χ1n) is 17.2. The number of thiophene rings is 2. The average molecular weight is 686 g/mol. The van der Waals surface area contributed by atoms with Crippen molar-refractivity contribution in [2.45, 2.75) is 95.6 Å². The van der Waals surface area contributed by atoms with Gasteiger partial charge >= 0.3 is 0 Å². The molecule has 2 aromatic heterocycles. The lowest BCUT2D eigenvalue weighted by Crippen LogP contribution is -2.34. The second-order valence-electron chi connectivity index (χ2n) is 13.7. The van der Waals surface area contributed by atoms with Crippen LogP contribution in [0.25, 0.3) is 9.69 Å². The zero-order valence-corrected chi connectivity index (χ0v) is 30.7. The van der Waals surface area contributed by atoms with Crippen LogP contribution in [0.5, 0.6) is 0 Å². The predicted molar refractivity (Wildman–Crippen MR) is 196 cm³/mol. The molecule has 0 aromatic carbocycles. The molecule has 4 atom stereocenters. The number of likely N-dealkylation sites (tertiary alicyclic amines) is 2. The molecule has 4 heterocycles. The minimum atomic E-state index is -0.502. The lowest BCUT2D eigenvalue weighted by Gasteiger charge is -2.31. The third kappa shape index (κ3) is 10.1. The van der Waals surface area contributed by atoms with E-state index >= 15 is 0 Å². The third-order valence-corrected chi connectivity index (χ3v) is 12.3. The van der Waals surface area contributed by atoms with Crippen LogP contribution in [0.15, 0.2) is 24.3 Å². The highest BCUT2D eigenvalue weighted by Crippen LogP contribution is 2.43. The van der Waals surface area contributed by atoms with E-state index in [1.54, 1.807) is 0 Å². The molecule has 0 radical (unpaired) electrons. The summed E-state index contributed by atoms with van der Waals surface area (Å²) in [5, 5.41) is 33.2. The van der Waals surface area contributed by atoms with Gasteiger partial charge in [0.05, 0.1) is 42.2 Å². The normalized spacial score (nSPS) is 20.5. The molecule has 4 rings (SSSR count). The Morgan fingerprint density at radius 2 is 1.35 bits per heavy atom. The molecule has 2 aliphatic rings. The molecular formula is C37H51N9S2. The standard InChI is InChI=1S/C20H27N5S.C17H24N4S/c1-16(2)20(15-22,18-6-7-19(23-3)26-18)9-4-12-25-13-8-17(14-25)24-11-5-10-21;1-13(2)17(12-18,15-5-6-16(20-3)22-15)8-4-9-21-10-7-14(19)11-21/h6-7,16-17,24H,4-5,8-9,11-14H2,1-2H3;5-6,13-14H,4,7-11,19H2,1-2H3/t17-,20?;14-,17?/m11/s1. The molecule has 2 aromatic rings. The van der Waals surface area contributed by atoms with E-state index in [9.17, 15) is 10.5 Å². The molecule has 2 unspecified atom stereocenters. The smallest absolute Gasteiger partial charge is 0.241 e. The number of rotatable bonds is 15. The van der Waals surface area contributed by atoms with Gasteiger partial charge in [0, 0.05) is 47.9 Å². The van der Waals surface area contributed by atoms with Gasteiger partial charge in [-0.05, 0) is 88.7 Å². The second kappa shape index (κ2) is 19.0. The van der Waals surface area contributed by atoms with E-state index in [1.807, 2.05) is 24.3 Å². The van der Waals surface area contributed by atoms with Crippen LogP contribution < -0.4 is 11.1 Å². The van der Waals surface area contributed by atoms with Crippen LogP contribution >= 0.6 is 22.7 Å². The van der Waals surface area contributed by atoms with Crippen LogP contribution in [0.2, 0.25) is 0 Å². The summed E-state index contributed by atoms with van der Waals surface area (Å²) in [4.78, 5) is 13.9. The molecule has 11 heteroatoms. The van der Waals surface area contributed by atoms with E-state index in [2.05, 4.69) is 70.7 Å². The fraction of sp³-hybridized carbons (Fsp3) is 0.649. The van der Waals surface area contributed by atoms with Crippen molar-refractivity contribution in [1.82, 2.24) is 15.1 Å². The number of nitrogens with two attached hydrogens (primary N) is 1.